The van der Waals surface area contributed by atoms with Crippen LogP contribution in [-0.4, -0.2) is 32.6 Å². The number of carbonyl (C=O) groups excluding carboxylic acids is 2. The molecule has 160 valence electrons. The smallest absolute Gasteiger partial charge is 0.262 e. The van der Waals surface area contributed by atoms with Gasteiger partial charge in [-0.15, -0.1) is 0 Å². The Morgan fingerprint density at radius 3 is 2.26 bits per heavy atom. The Bertz CT molecular complexity index is 1060. The second-order valence-corrected chi connectivity index (χ2v) is 6.70. The lowest BCUT2D eigenvalue weighted by atomic mass is 10.1. The molecule has 0 aliphatic carbocycles. The molecular formula is C24H24N2O5. The third-order valence-electron chi connectivity index (χ3n) is 4.55. The maximum atomic E-state index is 12.6. The van der Waals surface area contributed by atoms with Gasteiger partial charge in [0.05, 0.1) is 14.2 Å². The molecule has 0 spiro atoms. The zero-order valence-electron chi connectivity index (χ0n) is 17.6. The Morgan fingerprint density at radius 2 is 1.58 bits per heavy atom. The number of benzene rings is 3. The fourth-order valence-electron chi connectivity index (χ4n) is 2.85. The van der Waals surface area contributed by atoms with E-state index in [9.17, 15) is 9.59 Å². The highest BCUT2D eigenvalue weighted by Crippen LogP contribution is 2.28. The molecule has 2 amide bonds. The zero-order chi connectivity index (χ0) is 22.2. The summed E-state index contributed by atoms with van der Waals surface area (Å²) in [4.78, 5) is 24.8. The minimum absolute atomic E-state index is 0.211. The van der Waals surface area contributed by atoms with E-state index in [0.717, 1.165) is 11.3 Å². The topological polar surface area (TPSA) is 85.9 Å². The van der Waals surface area contributed by atoms with Gasteiger partial charge in [-0.3, -0.25) is 9.59 Å². The predicted octanol–water partition coefficient (Wildman–Crippen LogP) is 4.28. The molecule has 3 aromatic rings. The molecule has 31 heavy (non-hydrogen) atoms. The Balaban J connectivity index is 1.62. The van der Waals surface area contributed by atoms with E-state index in [4.69, 9.17) is 14.2 Å². The van der Waals surface area contributed by atoms with E-state index >= 15 is 0 Å². The van der Waals surface area contributed by atoms with Crippen LogP contribution in [0.5, 0.6) is 17.2 Å². The van der Waals surface area contributed by atoms with Gasteiger partial charge >= 0.3 is 0 Å². The van der Waals surface area contributed by atoms with Crippen molar-refractivity contribution in [2.24, 2.45) is 0 Å². The van der Waals surface area contributed by atoms with Crippen molar-refractivity contribution in [2.45, 2.75) is 6.92 Å². The number of amides is 2. The van der Waals surface area contributed by atoms with Gasteiger partial charge in [-0.25, -0.2) is 0 Å². The summed E-state index contributed by atoms with van der Waals surface area (Å²) >= 11 is 0. The molecule has 0 saturated carbocycles. The zero-order valence-corrected chi connectivity index (χ0v) is 17.6. The Kier molecular flexibility index (Phi) is 7.11. The van der Waals surface area contributed by atoms with Gasteiger partial charge in [-0.2, -0.15) is 0 Å². The van der Waals surface area contributed by atoms with Crippen LogP contribution in [0.3, 0.4) is 0 Å². The molecule has 0 saturated heterocycles. The Morgan fingerprint density at radius 1 is 0.839 bits per heavy atom. The van der Waals surface area contributed by atoms with Crippen LogP contribution in [0.1, 0.15) is 15.9 Å². The fourth-order valence-corrected chi connectivity index (χ4v) is 2.85. The molecule has 0 aliphatic heterocycles. The van der Waals surface area contributed by atoms with Crippen molar-refractivity contribution in [1.82, 2.24) is 0 Å². The van der Waals surface area contributed by atoms with Gasteiger partial charge in [0, 0.05) is 16.9 Å². The van der Waals surface area contributed by atoms with E-state index in [1.807, 2.05) is 31.2 Å². The summed E-state index contributed by atoms with van der Waals surface area (Å²) in [5.41, 5.74) is 2.74. The van der Waals surface area contributed by atoms with E-state index in [2.05, 4.69) is 10.6 Å². The number of rotatable bonds is 8. The maximum Gasteiger partial charge on any atom is 0.262 e. The molecule has 0 fully saturated rings. The van der Waals surface area contributed by atoms with Crippen LogP contribution in [0, 0.1) is 6.92 Å². The minimum atomic E-state index is -0.325. The summed E-state index contributed by atoms with van der Waals surface area (Å²) in [6.45, 7) is 1.71. The van der Waals surface area contributed by atoms with Crippen molar-refractivity contribution in [3.05, 3.63) is 77.9 Å². The summed E-state index contributed by atoms with van der Waals surface area (Å²) in [6.07, 6.45) is 0. The van der Waals surface area contributed by atoms with Crippen LogP contribution in [0.4, 0.5) is 11.4 Å². The van der Waals surface area contributed by atoms with E-state index in [0.29, 0.717) is 28.5 Å². The van der Waals surface area contributed by atoms with Crippen LogP contribution in [-0.2, 0) is 4.79 Å². The molecule has 3 aromatic carbocycles. The van der Waals surface area contributed by atoms with E-state index in [-0.39, 0.29) is 18.4 Å². The highest BCUT2D eigenvalue weighted by atomic mass is 16.5. The number of hydrogen-bond donors (Lipinski definition) is 2. The van der Waals surface area contributed by atoms with Crippen LogP contribution in [0.25, 0.3) is 0 Å². The molecule has 7 nitrogen and oxygen atoms in total. The van der Waals surface area contributed by atoms with Crippen molar-refractivity contribution in [2.75, 3.05) is 31.5 Å². The summed E-state index contributed by atoms with van der Waals surface area (Å²) in [6, 6.07) is 19.3. The summed E-state index contributed by atoms with van der Waals surface area (Å²) in [5.74, 6) is 0.824. The van der Waals surface area contributed by atoms with Gasteiger partial charge in [0.1, 0.15) is 5.75 Å². The summed E-state index contributed by atoms with van der Waals surface area (Å²) in [5, 5.41) is 5.61. The fraction of sp³-hybridized carbons (Fsp3) is 0.167. The van der Waals surface area contributed by atoms with Gasteiger partial charge in [0.25, 0.3) is 11.8 Å². The summed E-state index contributed by atoms with van der Waals surface area (Å²) in [7, 11) is 3.05. The first-order valence-electron chi connectivity index (χ1n) is 9.62. The van der Waals surface area contributed by atoms with Gasteiger partial charge in [0.15, 0.2) is 18.1 Å². The number of anilines is 2. The lowest BCUT2D eigenvalue weighted by molar-refractivity contribution is -0.118. The maximum absolute atomic E-state index is 12.6. The second kappa shape index (κ2) is 10.2. The molecule has 3 rings (SSSR count). The van der Waals surface area contributed by atoms with E-state index < -0.39 is 0 Å². The van der Waals surface area contributed by atoms with Crippen LogP contribution < -0.4 is 24.8 Å². The highest BCUT2D eigenvalue weighted by Gasteiger charge is 2.13. The highest BCUT2D eigenvalue weighted by molar-refractivity contribution is 6.05. The van der Waals surface area contributed by atoms with E-state index in [1.54, 1.807) is 49.6 Å². The second-order valence-electron chi connectivity index (χ2n) is 6.70. The Hall–Kier alpha value is -4.00. The van der Waals surface area contributed by atoms with Crippen LogP contribution >= 0.6 is 0 Å². The molecule has 0 atom stereocenters. The van der Waals surface area contributed by atoms with Crippen molar-refractivity contribution in [1.29, 1.82) is 0 Å². The molecule has 0 radical (unpaired) electrons. The molecule has 0 heterocycles. The molecular weight excluding hydrogens is 396 g/mol. The first kappa shape index (κ1) is 21.7. The number of nitrogens with one attached hydrogen (secondary N) is 2. The molecule has 0 aromatic heterocycles. The minimum Gasteiger partial charge on any atom is -0.497 e. The molecule has 0 bridgehead atoms. The van der Waals surface area contributed by atoms with Crippen LogP contribution in [0.2, 0.25) is 0 Å². The average Bonchev–Trinajstić information content (AvgIpc) is 2.79. The van der Waals surface area contributed by atoms with Gasteiger partial charge in [0.2, 0.25) is 0 Å². The number of para-hydroxylation sites is 1. The lowest BCUT2D eigenvalue weighted by Crippen LogP contribution is -2.20. The predicted molar refractivity (Wildman–Crippen MR) is 119 cm³/mol. The van der Waals surface area contributed by atoms with Crippen molar-refractivity contribution in [3.8, 4) is 17.2 Å². The average molecular weight is 420 g/mol. The third-order valence-corrected chi connectivity index (χ3v) is 4.55. The monoisotopic (exact) mass is 420 g/mol. The molecule has 0 aliphatic rings. The van der Waals surface area contributed by atoms with Gasteiger partial charge in [-0.05, 0) is 61.0 Å². The molecule has 0 unspecified atom stereocenters. The quantitative estimate of drug-likeness (QED) is 0.568. The van der Waals surface area contributed by atoms with Crippen LogP contribution in [0.15, 0.2) is 66.7 Å². The normalized spacial score (nSPS) is 10.2. The van der Waals surface area contributed by atoms with Gasteiger partial charge in [-0.1, -0.05) is 18.2 Å². The first-order valence-corrected chi connectivity index (χ1v) is 9.62. The molecule has 2 N–H and O–H groups in total. The largest absolute Gasteiger partial charge is 0.497 e. The van der Waals surface area contributed by atoms with Crippen molar-refractivity contribution >= 4 is 23.2 Å². The number of hydrogen-bond acceptors (Lipinski definition) is 5. The lowest BCUT2D eigenvalue weighted by Gasteiger charge is -2.13. The number of methoxy groups -OCH3 is 2. The summed E-state index contributed by atoms with van der Waals surface area (Å²) < 4.78 is 16.0. The number of aryl methyl sites for hydroxylation is 1. The first-order chi connectivity index (χ1) is 15.0. The van der Waals surface area contributed by atoms with Crippen molar-refractivity contribution in [3.63, 3.8) is 0 Å². The number of carbonyl (C=O) groups is 2. The third kappa shape index (κ3) is 5.76. The number of ether oxygens (including phenoxy) is 3. The van der Waals surface area contributed by atoms with Gasteiger partial charge < -0.3 is 24.8 Å². The standard InChI is InChI=1S/C24H24N2O5/c1-16-6-4-5-7-20(16)26-24(28)17-8-13-21(22(14-17)30-3)31-15-23(27)25-18-9-11-19(29-2)12-10-18/h4-14H,15H2,1-3H3,(H,25,27)(H,26,28). The Labute approximate surface area is 180 Å². The van der Waals surface area contributed by atoms with Crippen molar-refractivity contribution < 1.29 is 23.8 Å². The SMILES string of the molecule is COc1ccc(NC(=O)COc2ccc(C(=O)Nc3ccccc3C)cc2OC)cc1. The van der Waals surface area contributed by atoms with E-state index in [1.165, 1.54) is 7.11 Å². The molecule has 7 heteroatoms.